The van der Waals surface area contributed by atoms with Crippen LogP contribution in [0.3, 0.4) is 0 Å². The Labute approximate surface area is 190 Å². The molecule has 0 atom stereocenters. The summed E-state index contributed by atoms with van der Waals surface area (Å²) in [6.07, 6.45) is 5.47. The molecule has 1 fully saturated rings. The third-order valence-electron chi connectivity index (χ3n) is 6.24. The van der Waals surface area contributed by atoms with Gasteiger partial charge in [0.15, 0.2) is 0 Å². The first-order valence-corrected chi connectivity index (χ1v) is 11.3. The fourth-order valence-corrected chi connectivity index (χ4v) is 4.74. The van der Waals surface area contributed by atoms with Crippen molar-refractivity contribution in [2.45, 2.75) is 37.8 Å². The number of hydrogen-bond acceptors (Lipinski definition) is 3. The Morgan fingerprint density at radius 1 is 0.906 bits per heavy atom. The molecule has 4 nitrogen and oxygen atoms in total. The van der Waals surface area contributed by atoms with Crippen molar-refractivity contribution >= 4 is 44.9 Å². The third-order valence-corrected chi connectivity index (χ3v) is 6.48. The predicted molar refractivity (Wildman–Crippen MR) is 128 cm³/mol. The van der Waals surface area contributed by atoms with E-state index in [9.17, 15) is 9.18 Å². The van der Waals surface area contributed by atoms with Gasteiger partial charge >= 0.3 is 0 Å². The van der Waals surface area contributed by atoms with E-state index < -0.39 is 0 Å². The number of nitrogens with one attached hydrogen (secondary N) is 2. The number of hydrogen-bond donors (Lipinski definition) is 2. The quantitative estimate of drug-likeness (QED) is 0.384. The van der Waals surface area contributed by atoms with Crippen molar-refractivity contribution < 1.29 is 9.18 Å². The Hall–Kier alpha value is -3.18. The molecule has 5 rings (SSSR count). The number of carbonyl (C=O) groups excluding carboxylic acids is 1. The molecular formula is C26H23ClFN3O. The van der Waals surface area contributed by atoms with Crippen molar-refractivity contribution in [1.82, 2.24) is 10.3 Å². The molecule has 1 saturated carbocycles. The average Bonchev–Trinajstić information content (AvgIpc) is 2.80. The molecule has 2 N–H and O–H groups in total. The molecule has 1 aliphatic carbocycles. The molecule has 0 unspecified atom stereocenters. The average molecular weight is 448 g/mol. The zero-order valence-electron chi connectivity index (χ0n) is 17.4. The van der Waals surface area contributed by atoms with Gasteiger partial charge in [0.2, 0.25) is 0 Å². The largest absolute Gasteiger partial charge is 0.382 e. The minimum absolute atomic E-state index is 0.109. The number of benzene rings is 3. The van der Waals surface area contributed by atoms with Crippen LogP contribution in [0.2, 0.25) is 5.02 Å². The van der Waals surface area contributed by atoms with E-state index in [1.54, 1.807) is 30.5 Å². The van der Waals surface area contributed by atoms with Crippen LogP contribution >= 0.6 is 11.6 Å². The second kappa shape index (κ2) is 8.75. The second-order valence-corrected chi connectivity index (χ2v) is 8.76. The topological polar surface area (TPSA) is 54.0 Å². The molecular weight excluding hydrogens is 425 g/mol. The Balaban J connectivity index is 1.23. The summed E-state index contributed by atoms with van der Waals surface area (Å²) in [6, 6.07) is 18.2. The first kappa shape index (κ1) is 20.7. The fraction of sp³-hybridized carbons (Fsp3) is 0.231. The molecule has 162 valence electrons. The molecule has 6 heteroatoms. The van der Waals surface area contributed by atoms with Crippen molar-refractivity contribution in [3.8, 4) is 0 Å². The van der Waals surface area contributed by atoms with Gasteiger partial charge in [-0.05, 0) is 67.5 Å². The van der Waals surface area contributed by atoms with Crippen LogP contribution in [0.5, 0.6) is 0 Å². The van der Waals surface area contributed by atoms with Crippen molar-refractivity contribution in [2.24, 2.45) is 0 Å². The SMILES string of the molecule is O=C(NC1CCC(Nc2ccnc3cc(Cl)ccc23)CC1)c1ccc(F)c2ccccc12. The zero-order chi connectivity index (χ0) is 22.1. The van der Waals surface area contributed by atoms with Gasteiger partial charge in [-0.15, -0.1) is 0 Å². The van der Waals surface area contributed by atoms with Gasteiger partial charge in [-0.2, -0.15) is 0 Å². The van der Waals surface area contributed by atoms with Gasteiger partial charge in [-0.1, -0.05) is 35.9 Å². The summed E-state index contributed by atoms with van der Waals surface area (Å²) in [6.45, 7) is 0. The molecule has 0 aliphatic heterocycles. The van der Waals surface area contributed by atoms with E-state index in [1.165, 1.54) is 6.07 Å². The van der Waals surface area contributed by atoms with Crippen LogP contribution in [-0.4, -0.2) is 23.0 Å². The normalized spacial score (nSPS) is 18.6. The summed E-state index contributed by atoms with van der Waals surface area (Å²) < 4.78 is 14.1. The summed E-state index contributed by atoms with van der Waals surface area (Å²) in [5.41, 5.74) is 2.44. The lowest BCUT2D eigenvalue weighted by molar-refractivity contribution is 0.0928. The number of rotatable bonds is 4. The van der Waals surface area contributed by atoms with Crippen molar-refractivity contribution in [2.75, 3.05) is 5.32 Å². The maximum absolute atomic E-state index is 14.1. The number of pyridine rings is 1. The van der Waals surface area contributed by atoms with Crippen LogP contribution in [0.15, 0.2) is 66.9 Å². The van der Waals surface area contributed by atoms with E-state index in [1.807, 2.05) is 30.3 Å². The highest BCUT2D eigenvalue weighted by molar-refractivity contribution is 6.31. The van der Waals surface area contributed by atoms with Gasteiger partial charge in [-0.3, -0.25) is 9.78 Å². The highest BCUT2D eigenvalue weighted by Gasteiger charge is 2.24. The Morgan fingerprint density at radius 3 is 2.47 bits per heavy atom. The molecule has 32 heavy (non-hydrogen) atoms. The molecule has 1 aromatic heterocycles. The lowest BCUT2D eigenvalue weighted by Crippen LogP contribution is -2.40. The zero-order valence-corrected chi connectivity index (χ0v) is 18.2. The molecule has 1 amide bonds. The van der Waals surface area contributed by atoms with Gasteiger partial charge in [-0.25, -0.2) is 4.39 Å². The minimum atomic E-state index is -0.311. The van der Waals surface area contributed by atoms with Gasteiger partial charge in [0, 0.05) is 45.3 Å². The molecule has 4 aromatic rings. The van der Waals surface area contributed by atoms with Crippen LogP contribution in [0.4, 0.5) is 10.1 Å². The highest BCUT2D eigenvalue weighted by atomic mass is 35.5. The maximum atomic E-state index is 14.1. The van der Waals surface area contributed by atoms with Gasteiger partial charge in [0.1, 0.15) is 5.82 Å². The molecule has 3 aromatic carbocycles. The number of amides is 1. The van der Waals surface area contributed by atoms with Crippen molar-refractivity contribution in [1.29, 1.82) is 0 Å². The van der Waals surface area contributed by atoms with E-state index in [4.69, 9.17) is 11.6 Å². The second-order valence-electron chi connectivity index (χ2n) is 8.33. The first-order valence-electron chi connectivity index (χ1n) is 10.9. The maximum Gasteiger partial charge on any atom is 0.252 e. The summed E-state index contributed by atoms with van der Waals surface area (Å²) >= 11 is 6.09. The predicted octanol–water partition coefficient (Wildman–Crippen LogP) is 6.33. The number of halogens is 2. The summed E-state index contributed by atoms with van der Waals surface area (Å²) in [7, 11) is 0. The van der Waals surface area contributed by atoms with Crippen molar-refractivity contribution in [3.05, 3.63) is 83.3 Å². The van der Waals surface area contributed by atoms with Gasteiger partial charge in [0.05, 0.1) is 5.52 Å². The van der Waals surface area contributed by atoms with E-state index in [2.05, 4.69) is 15.6 Å². The minimum Gasteiger partial charge on any atom is -0.382 e. The van der Waals surface area contributed by atoms with Crippen LogP contribution in [0, 0.1) is 5.82 Å². The van der Waals surface area contributed by atoms with Crippen LogP contribution in [-0.2, 0) is 0 Å². The smallest absolute Gasteiger partial charge is 0.252 e. The highest BCUT2D eigenvalue weighted by Crippen LogP contribution is 2.29. The number of aromatic nitrogens is 1. The molecule has 0 radical (unpaired) electrons. The summed E-state index contributed by atoms with van der Waals surface area (Å²) in [5.74, 6) is -0.454. The number of fused-ring (bicyclic) bond motifs is 2. The molecule has 0 spiro atoms. The van der Waals surface area contributed by atoms with Crippen LogP contribution in [0.25, 0.3) is 21.7 Å². The van der Waals surface area contributed by atoms with Gasteiger partial charge < -0.3 is 10.6 Å². The monoisotopic (exact) mass is 447 g/mol. The lowest BCUT2D eigenvalue weighted by atomic mass is 9.90. The molecule has 1 heterocycles. The summed E-state index contributed by atoms with van der Waals surface area (Å²) in [4.78, 5) is 17.3. The molecule has 0 bridgehead atoms. The molecule has 0 saturated heterocycles. The van der Waals surface area contributed by atoms with Crippen LogP contribution < -0.4 is 10.6 Å². The lowest BCUT2D eigenvalue weighted by Gasteiger charge is -2.30. The standard InChI is InChI=1S/C26H23ClFN3O/c27-16-5-10-22-24(13-14-29-25(22)15-16)30-17-6-8-18(9-7-17)31-26(32)21-11-12-23(28)20-4-2-1-3-19(20)21/h1-5,10-15,17-18H,6-9H2,(H,29,30)(H,31,32). The summed E-state index contributed by atoms with van der Waals surface area (Å²) in [5, 5.41) is 9.63. The Kier molecular flexibility index (Phi) is 5.66. The van der Waals surface area contributed by atoms with E-state index in [0.29, 0.717) is 27.4 Å². The third kappa shape index (κ3) is 4.13. The van der Waals surface area contributed by atoms with E-state index >= 15 is 0 Å². The van der Waals surface area contributed by atoms with Gasteiger partial charge in [0.25, 0.3) is 5.91 Å². The Bertz CT molecular complexity index is 1300. The van der Waals surface area contributed by atoms with E-state index in [-0.39, 0.29) is 17.8 Å². The van der Waals surface area contributed by atoms with Crippen molar-refractivity contribution in [3.63, 3.8) is 0 Å². The Morgan fingerprint density at radius 2 is 1.66 bits per heavy atom. The first-order chi connectivity index (χ1) is 15.6. The fourth-order valence-electron chi connectivity index (χ4n) is 4.57. The number of nitrogens with zero attached hydrogens (tertiary/aromatic N) is 1. The molecule has 1 aliphatic rings. The van der Waals surface area contributed by atoms with Crippen LogP contribution in [0.1, 0.15) is 36.0 Å². The number of carbonyl (C=O) groups is 1. The number of anilines is 1. The van der Waals surface area contributed by atoms with E-state index in [0.717, 1.165) is 42.3 Å².